The smallest absolute Gasteiger partial charge is 0.135 e. The summed E-state index contributed by atoms with van der Waals surface area (Å²) >= 11 is 3.20. The van der Waals surface area contributed by atoms with Crippen LogP contribution in [0.15, 0.2) is 22.9 Å². The highest BCUT2D eigenvalue weighted by atomic mass is 32.1. The maximum Gasteiger partial charge on any atom is 0.135 e. The van der Waals surface area contributed by atoms with E-state index in [1.54, 1.807) is 28.7 Å². The van der Waals surface area contributed by atoms with Crippen LogP contribution in [0.1, 0.15) is 139 Å². The fourth-order valence-corrected chi connectivity index (χ4v) is 6.69. The molecule has 0 fully saturated rings. The molecule has 2 unspecified atom stereocenters. The molecule has 0 saturated heterocycles. The molecule has 0 aromatic carbocycles. The minimum absolute atomic E-state index is 0.329. The van der Waals surface area contributed by atoms with Crippen LogP contribution in [0.5, 0.6) is 5.75 Å². The lowest BCUT2D eigenvalue weighted by Gasteiger charge is -2.31. The second kappa shape index (κ2) is 20.1. The summed E-state index contributed by atoms with van der Waals surface area (Å²) in [5.74, 6) is 3.10. The van der Waals surface area contributed by atoms with Crippen LogP contribution in [0.3, 0.4) is 0 Å². The van der Waals surface area contributed by atoms with Gasteiger partial charge in [0.15, 0.2) is 0 Å². The maximum atomic E-state index is 12.1. The van der Waals surface area contributed by atoms with Crippen molar-refractivity contribution < 1.29 is 10.2 Å². The summed E-state index contributed by atoms with van der Waals surface area (Å²) in [5, 5.41) is 26.5. The third kappa shape index (κ3) is 13.7. The van der Waals surface area contributed by atoms with Crippen LogP contribution >= 0.6 is 22.7 Å². The van der Waals surface area contributed by atoms with Gasteiger partial charge in [-0.15, -0.1) is 22.7 Å². The van der Waals surface area contributed by atoms with E-state index >= 15 is 0 Å². The first-order valence-corrected chi connectivity index (χ1v) is 17.0. The Balaban J connectivity index is 0.00000308. The molecule has 0 radical (unpaired) electrons. The molecule has 216 valence electrons. The highest BCUT2D eigenvalue weighted by Crippen LogP contribution is 2.46. The average molecular weight is 553 g/mol. The zero-order chi connectivity index (χ0) is 28.4. The number of thiophene rings is 2. The molecule has 0 bridgehead atoms. The second-order valence-electron chi connectivity index (χ2n) is 11.3. The van der Waals surface area contributed by atoms with Crippen molar-refractivity contribution in [2.24, 2.45) is 23.7 Å². The number of aliphatic hydroxyl groups is 1. The Morgan fingerprint density at radius 1 is 0.649 bits per heavy atom. The molecule has 4 heteroatoms. The molecule has 0 aliphatic heterocycles. The van der Waals surface area contributed by atoms with E-state index in [4.69, 9.17) is 0 Å². The number of rotatable bonds is 16. The van der Waals surface area contributed by atoms with Gasteiger partial charge in [-0.1, -0.05) is 108 Å². The summed E-state index contributed by atoms with van der Waals surface area (Å²) in [6.07, 6.45) is 11.3. The molecule has 2 atom stereocenters. The van der Waals surface area contributed by atoms with E-state index in [0.717, 1.165) is 52.8 Å². The first kappa shape index (κ1) is 36.2. The first-order valence-electron chi connectivity index (χ1n) is 15.2. The second-order valence-corrected chi connectivity index (χ2v) is 13.1. The molecule has 0 aliphatic rings. The van der Waals surface area contributed by atoms with Crippen molar-refractivity contribution >= 4 is 22.7 Å². The highest BCUT2D eigenvalue weighted by Gasteiger charge is 2.34. The standard InChI is InChI=1S/C29H48O2S2.2C2H6/c1-21(2)9-7-11-23(5)13-17-29(31,18-14-24(6)12-8-10-22(3)4)25-15-19-32-27(25)28-26(30)16-20-33-28;2*1-2/h15-16,19-24,30-31H,7-14,17-18H2,1-6H3;2*1-2H3. The summed E-state index contributed by atoms with van der Waals surface area (Å²) in [4.78, 5) is 1.94. The van der Waals surface area contributed by atoms with Gasteiger partial charge in [-0.2, -0.15) is 0 Å². The summed E-state index contributed by atoms with van der Waals surface area (Å²) in [5.41, 5.74) is 0.193. The van der Waals surface area contributed by atoms with Gasteiger partial charge in [0.1, 0.15) is 5.75 Å². The number of aromatic hydroxyl groups is 1. The lowest BCUT2D eigenvalue weighted by molar-refractivity contribution is 0.00749. The van der Waals surface area contributed by atoms with Crippen LogP contribution in [-0.4, -0.2) is 10.2 Å². The predicted octanol–water partition coefficient (Wildman–Crippen LogP) is 11.9. The van der Waals surface area contributed by atoms with Gasteiger partial charge in [0, 0.05) is 5.56 Å². The average Bonchev–Trinajstić information content (AvgIpc) is 3.52. The van der Waals surface area contributed by atoms with Gasteiger partial charge in [0.25, 0.3) is 0 Å². The molecule has 0 saturated carbocycles. The fraction of sp³-hybridized carbons (Fsp3) is 0.758. The molecule has 2 nitrogen and oxygen atoms in total. The minimum atomic E-state index is -0.829. The van der Waals surface area contributed by atoms with Crippen molar-refractivity contribution in [2.45, 2.75) is 139 Å². The summed E-state index contributed by atoms with van der Waals surface area (Å²) in [6.45, 7) is 21.9. The summed E-state index contributed by atoms with van der Waals surface area (Å²) in [7, 11) is 0. The SMILES string of the molecule is CC.CC.CC(C)CCCC(C)CCC(O)(CCC(C)CCCC(C)C)c1ccsc1-c1sccc1O. The molecular weight excluding hydrogens is 492 g/mol. The van der Waals surface area contributed by atoms with E-state index in [-0.39, 0.29) is 0 Å². The molecule has 2 aromatic rings. The molecule has 0 amide bonds. The maximum absolute atomic E-state index is 12.1. The van der Waals surface area contributed by atoms with Crippen LogP contribution in [-0.2, 0) is 5.60 Å². The van der Waals surface area contributed by atoms with Gasteiger partial charge in [-0.3, -0.25) is 0 Å². The van der Waals surface area contributed by atoms with Crippen molar-refractivity contribution in [3.05, 3.63) is 28.5 Å². The van der Waals surface area contributed by atoms with E-state index in [9.17, 15) is 10.2 Å². The van der Waals surface area contributed by atoms with Crippen molar-refractivity contribution in [3.63, 3.8) is 0 Å². The fourth-order valence-electron chi connectivity index (χ4n) is 4.73. The monoisotopic (exact) mass is 552 g/mol. The largest absolute Gasteiger partial charge is 0.506 e. The van der Waals surface area contributed by atoms with Crippen molar-refractivity contribution in [1.82, 2.24) is 0 Å². The molecule has 2 aromatic heterocycles. The quantitative estimate of drug-likeness (QED) is 0.217. The Labute approximate surface area is 238 Å². The van der Waals surface area contributed by atoms with Crippen LogP contribution < -0.4 is 0 Å². The predicted molar refractivity (Wildman–Crippen MR) is 170 cm³/mol. The van der Waals surface area contributed by atoms with Gasteiger partial charge < -0.3 is 10.2 Å². The van der Waals surface area contributed by atoms with Gasteiger partial charge in [-0.05, 0) is 72.2 Å². The van der Waals surface area contributed by atoms with Crippen LogP contribution in [0, 0.1) is 23.7 Å². The van der Waals surface area contributed by atoms with Gasteiger partial charge in [0.2, 0.25) is 0 Å². The lowest BCUT2D eigenvalue weighted by atomic mass is 9.80. The Bertz CT molecular complexity index is 766. The number of hydrogen-bond donors (Lipinski definition) is 2. The van der Waals surface area contributed by atoms with Crippen molar-refractivity contribution in [1.29, 1.82) is 0 Å². The Morgan fingerprint density at radius 3 is 1.49 bits per heavy atom. The number of hydrogen-bond acceptors (Lipinski definition) is 4. The van der Waals surface area contributed by atoms with E-state index in [1.165, 1.54) is 38.5 Å². The van der Waals surface area contributed by atoms with E-state index in [1.807, 2.05) is 33.1 Å². The highest BCUT2D eigenvalue weighted by molar-refractivity contribution is 7.20. The van der Waals surface area contributed by atoms with Crippen LogP contribution in [0.2, 0.25) is 0 Å². The minimum Gasteiger partial charge on any atom is -0.506 e. The summed E-state index contributed by atoms with van der Waals surface area (Å²) < 4.78 is 0. The Morgan fingerprint density at radius 2 is 1.08 bits per heavy atom. The molecular formula is C33H60O2S2. The van der Waals surface area contributed by atoms with Crippen LogP contribution in [0.25, 0.3) is 9.75 Å². The molecule has 0 aliphatic carbocycles. The normalized spacial score (nSPS) is 14.4. The molecule has 2 N–H and O–H groups in total. The van der Waals surface area contributed by atoms with E-state index in [0.29, 0.717) is 17.6 Å². The molecule has 0 spiro atoms. The molecule has 2 rings (SSSR count). The van der Waals surface area contributed by atoms with Gasteiger partial charge in [-0.25, -0.2) is 0 Å². The first-order chi connectivity index (χ1) is 17.6. The zero-order valence-corrected chi connectivity index (χ0v) is 27.5. The van der Waals surface area contributed by atoms with E-state index in [2.05, 4.69) is 53.0 Å². The van der Waals surface area contributed by atoms with Crippen molar-refractivity contribution in [2.75, 3.05) is 0 Å². The lowest BCUT2D eigenvalue weighted by Crippen LogP contribution is -2.27. The summed E-state index contributed by atoms with van der Waals surface area (Å²) in [6, 6.07) is 3.86. The topological polar surface area (TPSA) is 40.5 Å². The van der Waals surface area contributed by atoms with Crippen LogP contribution in [0.4, 0.5) is 0 Å². The third-order valence-corrected chi connectivity index (χ3v) is 9.06. The van der Waals surface area contributed by atoms with Gasteiger partial charge in [0.05, 0.1) is 15.4 Å². The Kier molecular flexibility index (Phi) is 19.7. The zero-order valence-electron chi connectivity index (χ0n) is 25.9. The van der Waals surface area contributed by atoms with Gasteiger partial charge >= 0.3 is 0 Å². The van der Waals surface area contributed by atoms with E-state index < -0.39 is 5.60 Å². The molecule has 2 heterocycles. The van der Waals surface area contributed by atoms with Crippen molar-refractivity contribution in [3.8, 4) is 15.5 Å². The Hall–Kier alpha value is -0.840. The molecule has 37 heavy (non-hydrogen) atoms. The third-order valence-electron chi connectivity index (χ3n) is 7.08.